The van der Waals surface area contributed by atoms with E-state index in [1.54, 1.807) is 6.07 Å². The van der Waals surface area contributed by atoms with Gasteiger partial charge in [-0.3, -0.25) is 0 Å². The number of hydrogen-bond donors (Lipinski definition) is 2. The number of benzene rings is 1. The molecule has 0 aliphatic carbocycles. The first-order valence-electron chi connectivity index (χ1n) is 2.61. The fourth-order valence-corrected chi connectivity index (χ4v) is 1.58. The first-order chi connectivity index (χ1) is 4.61. The molecule has 4 N–H and O–H groups in total. The van der Waals surface area contributed by atoms with E-state index in [0.717, 1.165) is 8.95 Å². The zero-order valence-electron chi connectivity index (χ0n) is 5.07. The minimum atomic E-state index is 0.653. The average molecular weight is 266 g/mol. The van der Waals surface area contributed by atoms with E-state index in [0.29, 0.717) is 11.4 Å². The number of rotatable bonds is 0. The number of nitrogen functional groups attached to an aromatic ring is 2. The van der Waals surface area contributed by atoms with Crippen LogP contribution in [0.25, 0.3) is 0 Å². The Morgan fingerprint density at radius 2 is 1.30 bits per heavy atom. The first kappa shape index (κ1) is 7.88. The molecule has 54 valence electrons. The van der Waals surface area contributed by atoms with Crippen molar-refractivity contribution in [3.8, 4) is 0 Å². The standard InChI is InChI=1S/C6H6Br2N2/c7-3-1-4(8)6(10)2-5(3)9/h1-2H,9-10H2. The molecule has 0 heterocycles. The van der Waals surface area contributed by atoms with Crippen molar-refractivity contribution in [2.24, 2.45) is 0 Å². The van der Waals surface area contributed by atoms with Crippen molar-refractivity contribution in [2.75, 3.05) is 11.5 Å². The summed E-state index contributed by atoms with van der Waals surface area (Å²) in [5.41, 5.74) is 12.4. The van der Waals surface area contributed by atoms with E-state index in [2.05, 4.69) is 31.9 Å². The Labute approximate surface area is 75.8 Å². The Morgan fingerprint density at radius 1 is 0.900 bits per heavy atom. The van der Waals surface area contributed by atoms with Crippen LogP contribution in [0.3, 0.4) is 0 Å². The van der Waals surface area contributed by atoms with Gasteiger partial charge in [-0.05, 0) is 44.0 Å². The molecule has 1 aromatic carbocycles. The average Bonchev–Trinajstić information content (AvgIpc) is 1.84. The molecule has 0 radical (unpaired) electrons. The van der Waals surface area contributed by atoms with E-state index in [1.807, 2.05) is 6.07 Å². The van der Waals surface area contributed by atoms with Crippen molar-refractivity contribution in [3.05, 3.63) is 21.1 Å². The van der Waals surface area contributed by atoms with Crippen LogP contribution >= 0.6 is 31.9 Å². The molecule has 1 aromatic rings. The molecular formula is C6H6Br2N2. The van der Waals surface area contributed by atoms with Gasteiger partial charge in [0.1, 0.15) is 0 Å². The second kappa shape index (κ2) is 2.80. The number of nitrogens with two attached hydrogens (primary N) is 2. The van der Waals surface area contributed by atoms with Crippen molar-refractivity contribution in [2.45, 2.75) is 0 Å². The van der Waals surface area contributed by atoms with E-state index in [1.165, 1.54) is 0 Å². The topological polar surface area (TPSA) is 52.0 Å². The van der Waals surface area contributed by atoms with Gasteiger partial charge in [-0.2, -0.15) is 0 Å². The SMILES string of the molecule is Nc1cc(N)c(Br)cc1Br. The molecule has 0 aliphatic rings. The summed E-state index contributed by atoms with van der Waals surface area (Å²) < 4.78 is 1.71. The fourth-order valence-electron chi connectivity index (χ4n) is 0.583. The van der Waals surface area contributed by atoms with Crippen molar-refractivity contribution in [1.29, 1.82) is 0 Å². The zero-order chi connectivity index (χ0) is 7.72. The van der Waals surface area contributed by atoms with Crippen LogP contribution in [0.2, 0.25) is 0 Å². The number of halogens is 2. The van der Waals surface area contributed by atoms with Gasteiger partial charge in [-0.25, -0.2) is 0 Å². The maximum absolute atomic E-state index is 5.54. The predicted molar refractivity (Wildman–Crippen MR) is 50.7 cm³/mol. The molecule has 2 nitrogen and oxygen atoms in total. The van der Waals surface area contributed by atoms with Crippen LogP contribution in [0, 0.1) is 0 Å². The molecule has 0 saturated carbocycles. The predicted octanol–water partition coefficient (Wildman–Crippen LogP) is 2.38. The third-order valence-electron chi connectivity index (χ3n) is 1.12. The maximum atomic E-state index is 5.54. The second-order valence-corrected chi connectivity index (χ2v) is 3.60. The van der Waals surface area contributed by atoms with Crippen LogP contribution in [-0.2, 0) is 0 Å². The van der Waals surface area contributed by atoms with E-state index in [-0.39, 0.29) is 0 Å². The highest BCUT2D eigenvalue weighted by molar-refractivity contribution is 9.11. The molecule has 0 spiro atoms. The van der Waals surface area contributed by atoms with Gasteiger partial charge in [0, 0.05) is 20.3 Å². The smallest absolute Gasteiger partial charge is 0.0479 e. The Kier molecular flexibility index (Phi) is 2.21. The van der Waals surface area contributed by atoms with E-state index in [4.69, 9.17) is 11.5 Å². The number of hydrogen-bond acceptors (Lipinski definition) is 2. The monoisotopic (exact) mass is 264 g/mol. The third kappa shape index (κ3) is 1.44. The van der Waals surface area contributed by atoms with Gasteiger partial charge in [0.2, 0.25) is 0 Å². The van der Waals surface area contributed by atoms with Crippen LogP contribution < -0.4 is 11.5 Å². The van der Waals surface area contributed by atoms with Gasteiger partial charge in [-0.1, -0.05) is 0 Å². The lowest BCUT2D eigenvalue weighted by Crippen LogP contribution is -1.91. The minimum absolute atomic E-state index is 0.653. The van der Waals surface area contributed by atoms with Crippen LogP contribution in [0.4, 0.5) is 11.4 Å². The third-order valence-corrected chi connectivity index (χ3v) is 2.49. The van der Waals surface area contributed by atoms with Gasteiger partial charge >= 0.3 is 0 Å². The highest BCUT2D eigenvalue weighted by Crippen LogP contribution is 2.28. The summed E-state index contributed by atoms with van der Waals surface area (Å²) in [7, 11) is 0. The molecule has 0 aliphatic heterocycles. The lowest BCUT2D eigenvalue weighted by atomic mass is 10.3. The van der Waals surface area contributed by atoms with Crippen molar-refractivity contribution in [1.82, 2.24) is 0 Å². The second-order valence-electron chi connectivity index (χ2n) is 1.90. The summed E-state index contributed by atoms with van der Waals surface area (Å²) in [4.78, 5) is 0. The summed E-state index contributed by atoms with van der Waals surface area (Å²) in [6.07, 6.45) is 0. The molecule has 4 heteroatoms. The molecule has 0 atom stereocenters. The summed E-state index contributed by atoms with van der Waals surface area (Å²) in [6.45, 7) is 0. The fraction of sp³-hybridized carbons (Fsp3) is 0. The molecule has 0 amide bonds. The molecular weight excluding hydrogens is 260 g/mol. The summed E-state index contributed by atoms with van der Waals surface area (Å²) in [5.74, 6) is 0. The molecule has 0 unspecified atom stereocenters. The molecule has 0 fully saturated rings. The van der Waals surface area contributed by atoms with Gasteiger partial charge in [-0.15, -0.1) is 0 Å². The van der Waals surface area contributed by atoms with Crippen LogP contribution in [0.15, 0.2) is 21.1 Å². The molecule has 0 saturated heterocycles. The summed E-state index contributed by atoms with van der Waals surface area (Å²) in [5, 5.41) is 0. The Balaban J connectivity index is 3.28. The Hall–Kier alpha value is -0.220. The minimum Gasteiger partial charge on any atom is -0.398 e. The van der Waals surface area contributed by atoms with Gasteiger partial charge < -0.3 is 11.5 Å². The Bertz CT molecular complexity index is 210. The van der Waals surface area contributed by atoms with Crippen molar-refractivity contribution < 1.29 is 0 Å². The van der Waals surface area contributed by atoms with Crippen LogP contribution in [0.5, 0.6) is 0 Å². The lowest BCUT2D eigenvalue weighted by Gasteiger charge is -2.01. The number of anilines is 2. The van der Waals surface area contributed by atoms with Crippen LogP contribution in [0.1, 0.15) is 0 Å². The summed E-state index contributed by atoms with van der Waals surface area (Å²) >= 11 is 6.54. The van der Waals surface area contributed by atoms with E-state index in [9.17, 15) is 0 Å². The van der Waals surface area contributed by atoms with E-state index < -0.39 is 0 Å². The van der Waals surface area contributed by atoms with E-state index >= 15 is 0 Å². The highest BCUT2D eigenvalue weighted by Gasteiger charge is 1.99. The molecule has 10 heavy (non-hydrogen) atoms. The molecule has 1 rings (SSSR count). The van der Waals surface area contributed by atoms with Crippen molar-refractivity contribution in [3.63, 3.8) is 0 Å². The molecule has 0 bridgehead atoms. The highest BCUT2D eigenvalue weighted by atomic mass is 79.9. The molecule has 0 aromatic heterocycles. The van der Waals surface area contributed by atoms with Gasteiger partial charge in [0.05, 0.1) is 0 Å². The van der Waals surface area contributed by atoms with Crippen LogP contribution in [-0.4, -0.2) is 0 Å². The zero-order valence-corrected chi connectivity index (χ0v) is 8.24. The first-order valence-corrected chi connectivity index (χ1v) is 4.20. The largest absolute Gasteiger partial charge is 0.398 e. The van der Waals surface area contributed by atoms with Gasteiger partial charge in [0.15, 0.2) is 0 Å². The van der Waals surface area contributed by atoms with Crippen molar-refractivity contribution >= 4 is 43.2 Å². The van der Waals surface area contributed by atoms with Gasteiger partial charge in [0.25, 0.3) is 0 Å². The Morgan fingerprint density at radius 3 is 1.60 bits per heavy atom. The normalized spacial score (nSPS) is 9.80. The lowest BCUT2D eigenvalue weighted by molar-refractivity contribution is 1.58. The summed E-state index contributed by atoms with van der Waals surface area (Å²) in [6, 6.07) is 3.53. The maximum Gasteiger partial charge on any atom is 0.0479 e. The quantitative estimate of drug-likeness (QED) is 0.708.